The van der Waals surface area contributed by atoms with E-state index in [4.69, 9.17) is 13.2 Å². The van der Waals surface area contributed by atoms with Gasteiger partial charge in [-0.05, 0) is 57.8 Å². The van der Waals surface area contributed by atoms with Gasteiger partial charge in [-0.1, -0.05) is 13.8 Å². The van der Waals surface area contributed by atoms with E-state index in [1.165, 1.54) is 6.92 Å². The smallest absolute Gasteiger partial charge is 0.370 e. The SMILES string of the molecule is [2H]C1([2H])C[C@@H](C[C@H](NC(=O)[C@@H]2[C@@H]3[C@H](CN2C(=O)[C@@H](NC(=O)C(F)(F)F)[C@@H](C)OC(C)(C)C)C3(C)C)C(N)=O)C(=O)N1. The Labute approximate surface area is 227 Å². The summed E-state index contributed by atoms with van der Waals surface area (Å²) in [4.78, 5) is 64.7. The number of rotatable bonds is 9. The van der Waals surface area contributed by atoms with Crippen molar-refractivity contribution in [3.63, 3.8) is 0 Å². The molecule has 1 aliphatic carbocycles. The molecule has 2 saturated heterocycles. The van der Waals surface area contributed by atoms with Gasteiger partial charge in [-0.2, -0.15) is 13.2 Å². The summed E-state index contributed by atoms with van der Waals surface area (Å²) < 4.78 is 60.6. The van der Waals surface area contributed by atoms with E-state index in [-0.39, 0.29) is 25.3 Å². The lowest BCUT2D eigenvalue weighted by atomic mass is 9.96. The summed E-state index contributed by atoms with van der Waals surface area (Å²) >= 11 is 0. The molecular weight excluding hydrogens is 523 g/mol. The molecule has 14 heteroatoms. The standard InChI is InChI=1S/C25H38F3N5O6/c1-11(39-23(2,3)4)16(32-22(38)25(26,27)28)21(37)33-10-13-15(24(13,5)6)17(33)20(36)31-14(18(29)34)9-12-7-8-30-19(12)35/h11-17H,7-10H2,1-6H3,(H2,29,34)(H,30,35)(H,31,36)(H,32,38)/t11-,12+,13+,14+,15+,16+,17+/m1/s1/i8D2. The minimum absolute atomic E-state index is 0.0156. The number of likely N-dealkylation sites (tertiary alicyclic amines) is 1. The number of carbonyl (C=O) groups excluding carboxylic acids is 5. The third kappa shape index (κ3) is 6.64. The minimum atomic E-state index is -5.27. The lowest BCUT2D eigenvalue weighted by molar-refractivity contribution is -0.177. The first kappa shape index (κ1) is 27.7. The highest BCUT2D eigenvalue weighted by Crippen LogP contribution is 2.65. The molecule has 0 aromatic heterocycles. The topological polar surface area (TPSA) is 160 Å². The Morgan fingerprint density at radius 1 is 1.23 bits per heavy atom. The molecule has 0 radical (unpaired) electrons. The maximum atomic E-state index is 13.7. The first-order valence-corrected chi connectivity index (χ1v) is 12.7. The number of ether oxygens (including phenoxy) is 1. The van der Waals surface area contributed by atoms with Gasteiger partial charge < -0.3 is 31.3 Å². The van der Waals surface area contributed by atoms with E-state index in [1.807, 2.05) is 13.8 Å². The van der Waals surface area contributed by atoms with Gasteiger partial charge in [-0.15, -0.1) is 0 Å². The molecule has 11 nitrogen and oxygen atoms in total. The van der Waals surface area contributed by atoms with Crippen molar-refractivity contribution in [1.29, 1.82) is 0 Å². The minimum Gasteiger partial charge on any atom is -0.370 e. The van der Waals surface area contributed by atoms with Crippen LogP contribution in [0.5, 0.6) is 0 Å². The molecule has 3 fully saturated rings. The first-order valence-electron chi connectivity index (χ1n) is 13.7. The maximum Gasteiger partial charge on any atom is 0.471 e. The summed E-state index contributed by atoms with van der Waals surface area (Å²) in [6, 6.07) is -4.37. The zero-order valence-corrected chi connectivity index (χ0v) is 22.8. The van der Waals surface area contributed by atoms with E-state index in [1.54, 1.807) is 26.1 Å². The molecule has 1 saturated carbocycles. The van der Waals surface area contributed by atoms with E-state index >= 15 is 0 Å². The second-order valence-electron chi connectivity index (χ2n) is 12.0. The molecule has 220 valence electrons. The van der Waals surface area contributed by atoms with Crippen molar-refractivity contribution >= 4 is 29.5 Å². The zero-order valence-electron chi connectivity index (χ0n) is 24.8. The number of fused-ring (bicyclic) bond motifs is 1. The molecule has 0 aromatic rings. The highest BCUT2D eigenvalue weighted by molar-refractivity contribution is 5.96. The number of halogens is 3. The van der Waals surface area contributed by atoms with Gasteiger partial charge in [0.25, 0.3) is 0 Å². The second kappa shape index (κ2) is 10.6. The van der Waals surface area contributed by atoms with Crippen molar-refractivity contribution in [2.45, 2.75) is 90.4 Å². The second-order valence-corrected chi connectivity index (χ2v) is 12.0. The third-order valence-corrected chi connectivity index (χ3v) is 7.69. The number of hydrogen-bond acceptors (Lipinski definition) is 6. The number of hydrogen-bond donors (Lipinski definition) is 4. The number of nitrogens with zero attached hydrogens (tertiary/aromatic N) is 1. The fourth-order valence-electron chi connectivity index (χ4n) is 5.65. The highest BCUT2D eigenvalue weighted by Gasteiger charge is 2.70. The van der Waals surface area contributed by atoms with Crippen molar-refractivity contribution in [3.8, 4) is 0 Å². The molecule has 3 aliphatic rings. The Hall–Kier alpha value is -2.90. The molecular formula is C25H38F3N5O6. The molecule has 0 aromatic carbocycles. The van der Waals surface area contributed by atoms with Crippen molar-refractivity contribution in [3.05, 3.63) is 0 Å². The molecule has 0 spiro atoms. The number of alkyl halides is 3. The first-order chi connectivity index (χ1) is 18.5. The van der Waals surface area contributed by atoms with Gasteiger partial charge >= 0.3 is 12.1 Å². The van der Waals surface area contributed by atoms with E-state index in [0.717, 1.165) is 4.90 Å². The molecule has 3 rings (SSSR count). The fraction of sp³-hybridized carbons (Fsp3) is 0.800. The van der Waals surface area contributed by atoms with Crippen LogP contribution in [-0.2, 0) is 28.7 Å². The van der Waals surface area contributed by atoms with Gasteiger partial charge in [0.2, 0.25) is 23.6 Å². The van der Waals surface area contributed by atoms with E-state index in [2.05, 4.69) is 10.6 Å². The van der Waals surface area contributed by atoms with Crippen LogP contribution < -0.4 is 21.7 Å². The number of primary amides is 1. The van der Waals surface area contributed by atoms with E-state index in [9.17, 15) is 37.1 Å². The van der Waals surface area contributed by atoms with Crippen molar-refractivity contribution < 1.29 is 44.6 Å². The summed E-state index contributed by atoms with van der Waals surface area (Å²) in [5.41, 5.74) is 4.19. The van der Waals surface area contributed by atoms with Crippen LogP contribution in [0, 0.1) is 23.2 Å². The number of carbonyl (C=O) groups is 5. The summed E-state index contributed by atoms with van der Waals surface area (Å²) in [7, 11) is 0. The van der Waals surface area contributed by atoms with E-state index in [0.29, 0.717) is 0 Å². The van der Waals surface area contributed by atoms with Crippen LogP contribution in [0.3, 0.4) is 0 Å². The van der Waals surface area contributed by atoms with Gasteiger partial charge in [-0.25, -0.2) is 0 Å². The third-order valence-electron chi connectivity index (χ3n) is 7.69. The lowest BCUT2D eigenvalue weighted by Gasteiger charge is -2.37. The maximum absolute atomic E-state index is 13.7. The summed E-state index contributed by atoms with van der Waals surface area (Å²) in [5, 5.41) is 6.35. The van der Waals surface area contributed by atoms with Crippen LogP contribution in [0.15, 0.2) is 0 Å². The predicted octanol–water partition coefficient (Wildman–Crippen LogP) is 0.216. The molecule has 39 heavy (non-hydrogen) atoms. The summed E-state index contributed by atoms with van der Waals surface area (Å²) in [5.74, 6) is -7.26. The Kier molecular flexibility index (Phi) is 7.51. The average molecular weight is 564 g/mol. The van der Waals surface area contributed by atoms with Crippen LogP contribution in [-0.4, -0.2) is 83.5 Å². The predicted molar refractivity (Wildman–Crippen MR) is 131 cm³/mol. The summed E-state index contributed by atoms with van der Waals surface area (Å²) in [6.07, 6.45) is -7.02. The van der Waals surface area contributed by atoms with Crippen molar-refractivity contribution in [1.82, 2.24) is 20.9 Å². The number of nitrogens with one attached hydrogen (secondary N) is 3. The van der Waals surface area contributed by atoms with Gasteiger partial charge in [-0.3, -0.25) is 24.0 Å². The van der Waals surface area contributed by atoms with Gasteiger partial charge in [0.05, 0.1) is 11.7 Å². The fourth-order valence-corrected chi connectivity index (χ4v) is 5.65. The Morgan fingerprint density at radius 2 is 1.85 bits per heavy atom. The van der Waals surface area contributed by atoms with Gasteiger partial charge in [0, 0.05) is 21.7 Å². The van der Waals surface area contributed by atoms with Gasteiger partial charge in [0.15, 0.2) is 0 Å². The van der Waals surface area contributed by atoms with Crippen molar-refractivity contribution in [2.24, 2.45) is 28.9 Å². The lowest BCUT2D eigenvalue weighted by Crippen LogP contribution is -2.61. The normalized spacial score (nSPS) is 30.2. The molecule has 0 unspecified atom stereocenters. The molecule has 0 bridgehead atoms. The monoisotopic (exact) mass is 563 g/mol. The average Bonchev–Trinajstić information content (AvgIpc) is 3.08. The molecule has 5 amide bonds. The van der Waals surface area contributed by atoms with Crippen molar-refractivity contribution in [2.75, 3.05) is 13.0 Å². The zero-order chi connectivity index (χ0) is 31.5. The number of nitrogens with two attached hydrogens (primary N) is 1. The molecule has 2 aliphatic heterocycles. The number of piperidine rings is 1. The van der Waals surface area contributed by atoms with Crippen LogP contribution >= 0.6 is 0 Å². The largest absolute Gasteiger partial charge is 0.471 e. The quantitative estimate of drug-likeness (QED) is 0.314. The van der Waals surface area contributed by atoms with Gasteiger partial charge in [0.1, 0.15) is 18.1 Å². The molecule has 7 atom stereocenters. The molecule has 2 heterocycles. The van der Waals surface area contributed by atoms with Crippen LogP contribution in [0.1, 0.15) is 57.1 Å². The summed E-state index contributed by atoms with van der Waals surface area (Å²) in [6.45, 7) is 7.98. The van der Waals surface area contributed by atoms with Crippen LogP contribution in [0.2, 0.25) is 0 Å². The van der Waals surface area contributed by atoms with Crippen LogP contribution in [0.4, 0.5) is 13.2 Å². The van der Waals surface area contributed by atoms with Crippen LogP contribution in [0.25, 0.3) is 0 Å². The Morgan fingerprint density at radius 3 is 2.33 bits per heavy atom. The molecule has 5 N–H and O–H groups in total. The van der Waals surface area contributed by atoms with E-state index < -0.39 is 89.3 Å². The highest BCUT2D eigenvalue weighted by atomic mass is 19.4. The Balaban J connectivity index is 1.86. The number of amides is 5. The Bertz CT molecular complexity index is 1110.